The summed E-state index contributed by atoms with van der Waals surface area (Å²) in [6.45, 7) is 6.21. The van der Waals surface area contributed by atoms with Crippen LogP contribution in [-0.2, 0) is 13.0 Å². The molecule has 5 nitrogen and oxygen atoms in total. The van der Waals surface area contributed by atoms with E-state index in [1.807, 2.05) is 19.9 Å². The first-order valence-corrected chi connectivity index (χ1v) is 8.17. The minimum Gasteiger partial charge on any atom is -0.508 e. The summed E-state index contributed by atoms with van der Waals surface area (Å²) in [5, 5.41) is 20.6. The Labute approximate surface area is 135 Å². The molecule has 2 heterocycles. The SMILES string of the molecule is CCc1cc2c(CN3CCC(C(C)O)C3)cc(=O)oc2cc1O. The molecule has 0 saturated carbocycles. The van der Waals surface area contributed by atoms with Gasteiger partial charge in [0, 0.05) is 30.6 Å². The van der Waals surface area contributed by atoms with Gasteiger partial charge in [0.25, 0.3) is 0 Å². The van der Waals surface area contributed by atoms with Gasteiger partial charge in [-0.1, -0.05) is 6.92 Å². The van der Waals surface area contributed by atoms with Crippen LogP contribution in [-0.4, -0.2) is 34.3 Å². The summed E-state index contributed by atoms with van der Waals surface area (Å²) in [4.78, 5) is 14.1. The Balaban J connectivity index is 1.95. The van der Waals surface area contributed by atoms with Crippen LogP contribution in [0.5, 0.6) is 5.75 Å². The van der Waals surface area contributed by atoms with Gasteiger partial charge in [-0.15, -0.1) is 0 Å². The van der Waals surface area contributed by atoms with E-state index in [4.69, 9.17) is 4.42 Å². The quantitative estimate of drug-likeness (QED) is 0.846. The molecule has 1 aliphatic heterocycles. The third kappa shape index (κ3) is 3.26. The number of likely N-dealkylation sites (tertiary alicyclic amines) is 1. The number of aromatic hydroxyl groups is 1. The lowest BCUT2D eigenvalue weighted by Gasteiger charge is -2.18. The Morgan fingerprint density at radius 3 is 2.78 bits per heavy atom. The van der Waals surface area contributed by atoms with E-state index >= 15 is 0 Å². The monoisotopic (exact) mass is 317 g/mol. The molecule has 0 aliphatic carbocycles. The van der Waals surface area contributed by atoms with E-state index in [9.17, 15) is 15.0 Å². The number of hydrogen-bond donors (Lipinski definition) is 2. The number of aryl methyl sites for hydroxylation is 1. The number of fused-ring (bicyclic) bond motifs is 1. The predicted molar refractivity (Wildman–Crippen MR) is 88.6 cm³/mol. The summed E-state index contributed by atoms with van der Waals surface area (Å²) in [7, 11) is 0. The van der Waals surface area contributed by atoms with E-state index in [0.717, 1.165) is 36.0 Å². The van der Waals surface area contributed by atoms with Crippen molar-refractivity contribution in [2.24, 2.45) is 5.92 Å². The zero-order chi connectivity index (χ0) is 16.6. The van der Waals surface area contributed by atoms with Gasteiger partial charge in [-0.2, -0.15) is 0 Å². The molecule has 0 spiro atoms. The maximum absolute atomic E-state index is 11.8. The highest BCUT2D eigenvalue weighted by molar-refractivity contribution is 5.82. The van der Waals surface area contributed by atoms with Crippen molar-refractivity contribution in [2.45, 2.75) is 39.3 Å². The second-order valence-electron chi connectivity index (χ2n) is 6.45. The fourth-order valence-corrected chi connectivity index (χ4v) is 3.36. The van der Waals surface area contributed by atoms with Crippen molar-refractivity contribution in [1.29, 1.82) is 0 Å². The second-order valence-corrected chi connectivity index (χ2v) is 6.45. The molecule has 2 atom stereocenters. The molecule has 0 radical (unpaired) electrons. The molecular weight excluding hydrogens is 294 g/mol. The maximum Gasteiger partial charge on any atom is 0.336 e. The van der Waals surface area contributed by atoms with Gasteiger partial charge in [0.2, 0.25) is 0 Å². The number of phenolic OH excluding ortho intramolecular Hbond substituents is 1. The Bertz CT molecular complexity index is 765. The molecule has 2 N–H and O–H groups in total. The molecule has 0 bridgehead atoms. The van der Waals surface area contributed by atoms with Crippen molar-refractivity contribution >= 4 is 11.0 Å². The van der Waals surface area contributed by atoms with Gasteiger partial charge in [0.05, 0.1) is 6.10 Å². The summed E-state index contributed by atoms with van der Waals surface area (Å²) >= 11 is 0. The van der Waals surface area contributed by atoms with Crippen molar-refractivity contribution in [3.63, 3.8) is 0 Å². The van der Waals surface area contributed by atoms with Crippen LogP contribution in [0.1, 0.15) is 31.4 Å². The highest BCUT2D eigenvalue weighted by atomic mass is 16.4. The highest BCUT2D eigenvalue weighted by Gasteiger charge is 2.26. The first-order chi connectivity index (χ1) is 11.0. The zero-order valence-electron chi connectivity index (χ0n) is 13.6. The zero-order valence-corrected chi connectivity index (χ0v) is 13.6. The Morgan fingerprint density at radius 2 is 2.13 bits per heavy atom. The third-order valence-electron chi connectivity index (χ3n) is 4.80. The predicted octanol–water partition coefficient (Wildman–Crippen LogP) is 2.26. The molecular formula is C18H23NO4. The lowest BCUT2D eigenvalue weighted by Crippen LogP contribution is -2.24. The minimum absolute atomic E-state index is 0.163. The molecule has 1 fully saturated rings. The molecule has 23 heavy (non-hydrogen) atoms. The fraction of sp³-hybridized carbons (Fsp3) is 0.500. The van der Waals surface area contributed by atoms with Crippen LogP contribution in [0.4, 0.5) is 0 Å². The van der Waals surface area contributed by atoms with Crippen molar-refractivity contribution < 1.29 is 14.6 Å². The van der Waals surface area contributed by atoms with E-state index in [-0.39, 0.29) is 17.8 Å². The van der Waals surface area contributed by atoms with Crippen LogP contribution in [0, 0.1) is 5.92 Å². The number of phenols is 1. The van der Waals surface area contributed by atoms with E-state index < -0.39 is 5.63 Å². The minimum atomic E-state index is -0.401. The van der Waals surface area contributed by atoms with Gasteiger partial charge in [0.15, 0.2) is 0 Å². The number of hydrogen-bond acceptors (Lipinski definition) is 5. The van der Waals surface area contributed by atoms with Crippen LogP contribution >= 0.6 is 0 Å². The highest BCUT2D eigenvalue weighted by Crippen LogP contribution is 2.29. The molecule has 1 saturated heterocycles. The van der Waals surface area contributed by atoms with Gasteiger partial charge in [-0.25, -0.2) is 4.79 Å². The van der Waals surface area contributed by atoms with Crippen molar-refractivity contribution in [2.75, 3.05) is 13.1 Å². The molecule has 124 valence electrons. The molecule has 2 unspecified atom stereocenters. The summed E-state index contributed by atoms with van der Waals surface area (Å²) in [6, 6.07) is 4.97. The molecule has 5 heteroatoms. The van der Waals surface area contributed by atoms with Crippen LogP contribution in [0.25, 0.3) is 11.0 Å². The summed E-state index contributed by atoms with van der Waals surface area (Å²) < 4.78 is 5.23. The first kappa shape index (κ1) is 16.0. The van der Waals surface area contributed by atoms with Gasteiger partial charge in [-0.3, -0.25) is 4.90 Å². The van der Waals surface area contributed by atoms with Gasteiger partial charge in [0.1, 0.15) is 11.3 Å². The Kier molecular flexibility index (Phi) is 4.41. The lowest BCUT2D eigenvalue weighted by atomic mass is 10.0. The number of aliphatic hydroxyl groups is 1. The smallest absolute Gasteiger partial charge is 0.336 e. The average Bonchev–Trinajstić information content (AvgIpc) is 2.95. The molecule has 1 aromatic carbocycles. The molecule has 3 rings (SSSR count). The van der Waals surface area contributed by atoms with Crippen molar-refractivity contribution in [1.82, 2.24) is 4.90 Å². The largest absolute Gasteiger partial charge is 0.508 e. The van der Waals surface area contributed by atoms with E-state index in [2.05, 4.69) is 4.90 Å². The summed E-state index contributed by atoms with van der Waals surface area (Å²) in [5.74, 6) is 0.451. The normalized spacial score (nSPS) is 20.2. The molecule has 1 aliphatic rings. The Morgan fingerprint density at radius 1 is 1.35 bits per heavy atom. The second kappa shape index (κ2) is 6.34. The summed E-state index contributed by atoms with van der Waals surface area (Å²) in [6.07, 6.45) is 1.38. The molecule has 0 amide bonds. The average molecular weight is 317 g/mol. The van der Waals surface area contributed by atoms with Gasteiger partial charge < -0.3 is 14.6 Å². The van der Waals surface area contributed by atoms with Gasteiger partial charge in [-0.05, 0) is 49.4 Å². The fourth-order valence-electron chi connectivity index (χ4n) is 3.36. The van der Waals surface area contributed by atoms with Crippen molar-refractivity contribution in [3.8, 4) is 5.75 Å². The summed E-state index contributed by atoms with van der Waals surface area (Å²) in [5.41, 5.74) is 1.78. The topological polar surface area (TPSA) is 73.9 Å². The number of aliphatic hydroxyl groups excluding tert-OH is 1. The molecule has 1 aromatic heterocycles. The van der Waals surface area contributed by atoms with Gasteiger partial charge >= 0.3 is 5.63 Å². The van der Waals surface area contributed by atoms with Crippen LogP contribution in [0.15, 0.2) is 27.4 Å². The van der Waals surface area contributed by atoms with Crippen LogP contribution in [0.3, 0.4) is 0 Å². The lowest BCUT2D eigenvalue weighted by molar-refractivity contribution is 0.127. The first-order valence-electron chi connectivity index (χ1n) is 8.17. The van der Waals surface area contributed by atoms with Crippen LogP contribution < -0.4 is 5.63 Å². The van der Waals surface area contributed by atoms with Crippen molar-refractivity contribution in [3.05, 3.63) is 39.7 Å². The number of rotatable bonds is 4. The standard InChI is InChI=1S/C18H23NO4/c1-3-12-6-15-14(7-18(22)23-17(15)8-16(12)21)10-19-5-4-13(9-19)11(2)20/h6-8,11,13,20-21H,3-5,9-10H2,1-2H3. The Hall–Kier alpha value is -1.85. The molecule has 2 aromatic rings. The number of nitrogens with zero attached hydrogens (tertiary/aromatic N) is 1. The van der Waals surface area contributed by atoms with E-state index in [1.54, 1.807) is 0 Å². The maximum atomic E-state index is 11.8. The number of benzene rings is 1. The third-order valence-corrected chi connectivity index (χ3v) is 4.80. The van der Waals surface area contributed by atoms with Crippen LogP contribution in [0.2, 0.25) is 0 Å². The van der Waals surface area contributed by atoms with E-state index in [1.165, 1.54) is 12.1 Å². The van der Waals surface area contributed by atoms with E-state index in [0.29, 0.717) is 18.5 Å².